The van der Waals surface area contributed by atoms with Gasteiger partial charge in [0.2, 0.25) is 5.65 Å². The van der Waals surface area contributed by atoms with Gasteiger partial charge < -0.3 is 0 Å². The van der Waals surface area contributed by atoms with Gasteiger partial charge in [0.1, 0.15) is 0 Å². The molecule has 0 saturated carbocycles. The van der Waals surface area contributed by atoms with Crippen molar-refractivity contribution in [1.82, 2.24) is 19.2 Å². The summed E-state index contributed by atoms with van der Waals surface area (Å²) in [5.74, 6) is 0.760. The Hall–Kier alpha value is -1.84. The molecule has 0 fully saturated rings. The summed E-state index contributed by atoms with van der Waals surface area (Å²) in [4.78, 5) is 12.9. The van der Waals surface area contributed by atoms with E-state index in [0.29, 0.717) is 15.8 Å². The molecule has 0 bridgehead atoms. The minimum Gasteiger partial charge on any atom is -0.279 e. The molecule has 0 atom stereocenters. The first-order valence-electron chi connectivity index (χ1n) is 8.14. The Bertz CT molecular complexity index is 1200. The van der Waals surface area contributed by atoms with Gasteiger partial charge in [-0.15, -0.1) is 10.2 Å². The van der Waals surface area contributed by atoms with E-state index in [-0.39, 0.29) is 5.56 Å². The highest BCUT2D eigenvalue weighted by atomic mass is 127. The molecular formula is C19H14ClIN4OS. The maximum absolute atomic E-state index is 12.9. The molecule has 2 heterocycles. The van der Waals surface area contributed by atoms with Crippen molar-refractivity contribution in [2.75, 3.05) is 0 Å². The van der Waals surface area contributed by atoms with E-state index in [1.54, 1.807) is 33.0 Å². The summed E-state index contributed by atoms with van der Waals surface area (Å²) in [6, 6.07) is 13.7. The van der Waals surface area contributed by atoms with Crippen molar-refractivity contribution in [3.8, 4) is 5.69 Å². The Labute approximate surface area is 178 Å². The van der Waals surface area contributed by atoms with Crippen LogP contribution in [0.1, 0.15) is 11.1 Å². The van der Waals surface area contributed by atoms with Crippen LogP contribution in [-0.4, -0.2) is 19.2 Å². The Balaban J connectivity index is 1.71. The average Bonchev–Trinajstić information content (AvgIpc) is 3.08. The van der Waals surface area contributed by atoms with Gasteiger partial charge in [0, 0.05) is 26.7 Å². The minimum absolute atomic E-state index is 0.225. The Morgan fingerprint density at radius 3 is 2.74 bits per heavy atom. The second-order valence-corrected chi connectivity index (χ2v) is 8.43. The van der Waals surface area contributed by atoms with Crippen molar-refractivity contribution in [2.24, 2.45) is 0 Å². The first kappa shape index (κ1) is 18.5. The number of halogens is 2. The minimum atomic E-state index is -0.225. The zero-order valence-electron chi connectivity index (χ0n) is 14.3. The third kappa shape index (κ3) is 3.51. The number of rotatable bonds is 4. The molecule has 5 nitrogen and oxygen atoms in total. The molecule has 8 heteroatoms. The van der Waals surface area contributed by atoms with Crippen LogP contribution < -0.4 is 5.56 Å². The quantitative estimate of drug-likeness (QED) is 0.295. The first-order chi connectivity index (χ1) is 13.1. The van der Waals surface area contributed by atoms with Crippen molar-refractivity contribution in [1.29, 1.82) is 0 Å². The Morgan fingerprint density at radius 2 is 1.93 bits per heavy atom. The summed E-state index contributed by atoms with van der Waals surface area (Å²) in [6.45, 7) is 1.89. The lowest BCUT2D eigenvalue weighted by atomic mass is 10.2. The standard InChI is InChI=1S/C19H14ClIN4OS/c1-12-14(20)6-4-8-16(12)24-9-10-25-17(18(24)26)22-23-19(25)27-11-13-5-2-3-7-15(13)21/h2-10H,11H2,1H3. The highest BCUT2D eigenvalue weighted by molar-refractivity contribution is 14.1. The van der Waals surface area contributed by atoms with Gasteiger partial charge in [-0.1, -0.05) is 47.6 Å². The fourth-order valence-corrected chi connectivity index (χ4v) is 4.70. The summed E-state index contributed by atoms with van der Waals surface area (Å²) in [7, 11) is 0. The topological polar surface area (TPSA) is 52.2 Å². The number of fused-ring (bicyclic) bond motifs is 1. The molecule has 4 rings (SSSR count). The van der Waals surface area contributed by atoms with Crippen LogP contribution >= 0.6 is 46.0 Å². The van der Waals surface area contributed by atoms with E-state index in [1.165, 1.54) is 9.13 Å². The van der Waals surface area contributed by atoms with Crippen molar-refractivity contribution in [2.45, 2.75) is 17.8 Å². The number of aromatic nitrogens is 4. The van der Waals surface area contributed by atoms with Crippen molar-refractivity contribution in [3.63, 3.8) is 0 Å². The Morgan fingerprint density at radius 1 is 1.11 bits per heavy atom. The van der Waals surface area contributed by atoms with Crippen molar-refractivity contribution >= 4 is 51.6 Å². The lowest BCUT2D eigenvalue weighted by Gasteiger charge is -2.10. The maximum Gasteiger partial charge on any atom is 0.300 e. The van der Waals surface area contributed by atoms with E-state index in [4.69, 9.17) is 11.6 Å². The number of hydrogen-bond acceptors (Lipinski definition) is 4. The molecular weight excluding hydrogens is 495 g/mol. The molecule has 0 amide bonds. The number of thioether (sulfide) groups is 1. The van der Waals surface area contributed by atoms with Crippen LogP contribution in [0.25, 0.3) is 11.3 Å². The van der Waals surface area contributed by atoms with Gasteiger partial charge in [-0.3, -0.25) is 13.8 Å². The van der Waals surface area contributed by atoms with Crippen LogP contribution in [0.3, 0.4) is 0 Å². The van der Waals surface area contributed by atoms with E-state index in [0.717, 1.165) is 17.0 Å². The number of hydrogen-bond donors (Lipinski definition) is 0. The van der Waals surface area contributed by atoms with Gasteiger partial charge in [-0.2, -0.15) is 0 Å². The third-order valence-corrected chi connectivity index (χ3v) is 6.71. The molecule has 0 aliphatic heterocycles. The highest BCUT2D eigenvalue weighted by Gasteiger charge is 2.14. The summed E-state index contributed by atoms with van der Waals surface area (Å²) in [5.41, 5.74) is 2.88. The zero-order chi connectivity index (χ0) is 19.0. The molecule has 0 N–H and O–H groups in total. The fraction of sp³-hybridized carbons (Fsp3) is 0.105. The van der Waals surface area contributed by atoms with Gasteiger partial charge in [-0.25, -0.2) is 0 Å². The monoisotopic (exact) mass is 508 g/mol. The summed E-state index contributed by atoms with van der Waals surface area (Å²) in [6.07, 6.45) is 3.54. The van der Waals surface area contributed by atoms with Crippen LogP contribution in [0, 0.1) is 10.5 Å². The molecule has 0 aliphatic rings. The Kier molecular flexibility index (Phi) is 5.25. The molecule has 4 aromatic rings. The smallest absolute Gasteiger partial charge is 0.279 e. The molecule has 0 aliphatic carbocycles. The lowest BCUT2D eigenvalue weighted by Crippen LogP contribution is -2.21. The summed E-state index contributed by atoms with van der Waals surface area (Å²) in [5, 5.41) is 9.64. The fourth-order valence-electron chi connectivity index (χ4n) is 2.77. The summed E-state index contributed by atoms with van der Waals surface area (Å²) < 4.78 is 4.49. The van der Waals surface area contributed by atoms with Crippen LogP contribution in [-0.2, 0) is 5.75 Å². The van der Waals surface area contributed by atoms with E-state index >= 15 is 0 Å². The van der Waals surface area contributed by atoms with Gasteiger partial charge in [-0.05, 0) is 58.8 Å². The average molecular weight is 509 g/mol. The van der Waals surface area contributed by atoms with E-state index < -0.39 is 0 Å². The third-order valence-electron chi connectivity index (χ3n) is 4.25. The second-order valence-electron chi connectivity index (χ2n) is 5.91. The largest absolute Gasteiger partial charge is 0.300 e. The molecule has 136 valence electrons. The SMILES string of the molecule is Cc1c(Cl)cccc1-n1ccn2c(SCc3ccccc3I)nnc2c1=O. The van der Waals surface area contributed by atoms with Gasteiger partial charge >= 0.3 is 5.56 Å². The van der Waals surface area contributed by atoms with Crippen LogP contribution in [0.4, 0.5) is 0 Å². The van der Waals surface area contributed by atoms with Crippen molar-refractivity contribution in [3.05, 3.63) is 84.9 Å². The van der Waals surface area contributed by atoms with Crippen LogP contribution in [0.5, 0.6) is 0 Å². The molecule has 27 heavy (non-hydrogen) atoms. The first-order valence-corrected chi connectivity index (χ1v) is 10.6. The molecule has 2 aromatic carbocycles. The van der Waals surface area contributed by atoms with Gasteiger partial charge in [0.25, 0.3) is 0 Å². The van der Waals surface area contributed by atoms with E-state index in [9.17, 15) is 4.79 Å². The molecule has 0 spiro atoms. The van der Waals surface area contributed by atoms with Crippen molar-refractivity contribution < 1.29 is 0 Å². The number of nitrogens with zero attached hydrogens (tertiary/aromatic N) is 4. The molecule has 0 unspecified atom stereocenters. The molecule has 2 aromatic heterocycles. The van der Waals surface area contributed by atoms with Crippen LogP contribution in [0.15, 0.2) is 64.8 Å². The maximum atomic E-state index is 12.9. The zero-order valence-corrected chi connectivity index (χ0v) is 18.0. The predicted octanol–water partition coefficient (Wildman–Crippen LogP) is 4.74. The predicted molar refractivity (Wildman–Crippen MR) is 117 cm³/mol. The summed E-state index contributed by atoms with van der Waals surface area (Å²) >= 11 is 10.1. The van der Waals surface area contributed by atoms with E-state index in [1.807, 2.05) is 37.4 Å². The highest BCUT2D eigenvalue weighted by Crippen LogP contribution is 2.25. The van der Waals surface area contributed by atoms with Gasteiger partial charge in [0.15, 0.2) is 5.16 Å². The van der Waals surface area contributed by atoms with E-state index in [2.05, 4.69) is 44.9 Å². The van der Waals surface area contributed by atoms with Crippen LogP contribution in [0.2, 0.25) is 5.02 Å². The molecule has 0 radical (unpaired) electrons. The number of benzene rings is 2. The lowest BCUT2D eigenvalue weighted by molar-refractivity contribution is 0.890. The normalized spacial score (nSPS) is 11.2. The van der Waals surface area contributed by atoms with Gasteiger partial charge in [0.05, 0.1) is 5.69 Å². The second kappa shape index (κ2) is 7.65. The molecule has 0 saturated heterocycles.